The lowest BCUT2D eigenvalue weighted by Gasteiger charge is -2.42. The molecule has 0 aliphatic carbocycles. The fourth-order valence-electron chi connectivity index (χ4n) is 3.59. The summed E-state index contributed by atoms with van der Waals surface area (Å²) >= 11 is 0. The van der Waals surface area contributed by atoms with Crippen LogP contribution in [0, 0.1) is 5.92 Å². The number of rotatable bonds is 17. The van der Waals surface area contributed by atoms with Crippen LogP contribution in [0.1, 0.15) is 92.9 Å². The van der Waals surface area contributed by atoms with Gasteiger partial charge in [0.2, 0.25) is 5.91 Å². The van der Waals surface area contributed by atoms with Gasteiger partial charge in [0.15, 0.2) is 0 Å². The van der Waals surface area contributed by atoms with Crippen molar-refractivity contribution in [1.82, 2.24) is 5.32 Å². The minimum absolute atomic E-state index is 0.0111. The van der Waals surface area contributed by atoms with E-state index in [1.807, 2.05) is 20.8 Å². The van der Waals surface area contributed by atoms with Crippen LogP contribution < -0.4 is 5.32 Å². The summed E-state index contributed by atoms with van der Waals surface area (Å²) in [6, 6.07) is -0.0151. The molecule has 0 rings (SSSR count). The van der Waals surface area contributed by atoms with E-state index in [9.17, 15) is 4.79 Å². The Morgan fingerprint density at radius 2 is 1.35 bits per heavy atom. The zero-order valence-electron chi connectivity index (χ0n) is 18.1. The third-order valence-corrected chi connectivity index (χ3v) is 4.58. The first-order valence-corrected chi connectivity index (χ1v) is 10.7. The summed E-state index contributed by atoms with van der Waals surface area (Å²) in [6.45, 7) is 13.3. The maximum absolute atomic E-state index is 11.9. The molecule has 0 saturated heterocycles. The maximum atomic E-state index is 11.9. The van der Waals surface area contributed by atoms with Crippen molar-refractivity contribution in [1.29, 1.82) is 0 Å². The van der Waals surface area contributed by atoms with E-state index in [1.165, 1.54) is 25.7 Å². The topological polar surface area (TPSA) is 56.8 Å². The van der Waals surface area contributed by atoms with Gasteiger partial charge in [-0.15, -0.1) is 0 Å². The Bertz CT molecular complexity index is 332. The number of hydrogen-bond donors (Lipinski definition) is 1. The second kappa shape index (κ2) is 15.4. The van der Waals surface area contributed by atoms with Gasteiger partial charge in [-0.05, 0) is 33.6 Å². The van der Waals surface area contributed by atoms with E-state index >= 15 is 0 Å². The van der Waals surface area contributed by atoms with Crippen LogP contribution in [0.5, 0.6) is 0 Å². The van der Waals surface area contributed by atoms with Crippen LogP contribution in [-0.4, -0.2) is 37.7 Å². The normalized spacial score (nSPS) is 14.2. The maximum Gasteiger partial charge on any atom is 0.287 e. The summed E-state index contributed by atoms with van der Waals surface area (Å²) in [4.78, 5) is 11.9. The molecule has 1 N–H and O–H groups in total. The Labute approximate surface area is 161 Å². The molecule has 26 heavy (non-hydrogen) atoms. The molecule has 2 atom stereocenters. The minimum atomic E-state index is -1.09. The van der Waals surface area contributed by atoms with E-state index in [-0.39, 0.29) is 17.9 Å². The summed E-state index contributed by atoms with van der Waals surface area (Å²) in [5, 5.41) is 3.16. The van der Waals surface area contributed by atoms with Gasteiger partial charge in [-0.3, -0.25) is 4.79 Å². The third-order valence-electron chi connectivity index (χ3n) is 4.58. The van der Waals surface area contributed by atoms with Gasteiger partial charge >= 0.3 is 0 Å². The molecule has 0 aliphatic rings. The summed E-state index contributed by atoms with van der Waals surface area (Å²) in [5.41, 5.74) is 0. The van der Waals surface area contributed by atoms with Gasteiger partial charge in [0.25, 0.3) is 5.97 Å². The molecule has 0 spiro atoms. The Morgan fingerprint density at radius 1 is 0.808 bits per heavy atom. The molecule has 0 saturated carbocycles. The zero-order valence-corrected chi connectivity index (χ0v) is 18.1. The van der Waals surface area contributed by atoms with Gasteiger partial charge < -0.3 is 19.5 Å². The van der Waals surface area contributed by atoms with Gasteiger partial charge in [0.05, 0.1) is 5.92 Å². The van der Waals surface area contributed by atoms with Crippen molar-refractivity contribution >= 4 is 5.91 Å². The smallest absolute Gasteiger partial charge is 0.287 e. The summed E-state index contributed by atoms with van der Waals surface area (Å²) < 4.78 is 18.1. The van der Waals surface area contributed by atoms with Gasteiger partial charge in [-0.1, -0.05) is 52.4 Å². The van der Waals surface area contributed by atoms with Gasteiger partial charge in [0.1, 0.15) is 0 Å². The predicted molar refractivity (Wildman–Crippen MR) is 107 cm³/mol. The van der Waals surface area contributed by atoms with Crippen LogP contribution in [0.25, 0.3) is 0 Å². The Hall–Kier alpha value is -0.650. The molecular formula is C21H43NO4. The highest BCUT2D eigenvalue weighted by molar-refractivity contribution is 5.73. The molecule has 0 aromatic heterocycles. The first-order valence-electron chi connectivity index (χ1n) is 10.7. The number of carbonyl (C=O) groups excluding carboxylic acids is 1. The predicted octanol–water partition coefficient (Wildman–Crippen LogP) is 5.03. The second-order valence-electron chi connectivity index (χ2n) is 6.81. The fraction of sp³-hybridized carbons (Fsp3) is 0.952. The molecule has 1 amide bonds. The number of amides is 1. The van der Waals surface area contributed by atoms with E-state index in [4.69, 9.17) is 14.2 Å². The quantitative estimate of drug-likeness (QED) is 0.287. The summed E-state index contributed by atoms with van der Waals surface area (Å²) in [6.07, 6.45) is 8.79. The number of hydrogen-bond acceptors (Lipinski definition) is 4. The first kappa shape index (κ1) is 25.4. The standard InChI is InChI=1S/C21H43NO4/c1-7-12-13-14-15-17-20(22-18(6)23)19(16-8-2)21(24-9-3,25-10-4)26-11-5/h19-20H,7-17H2,1-6H3,(H,22,23). The first-order chi connectivity index (χ1) is 12.5. The van der Waals surface area contributed by atoms with Gasteiger partial charge in [0, 0.05) is 32.8 Å². The van der Waals surface area contributed by atoms with Gasteiger partial charge in [-0.25, -0.2) is 0 Å². The van der Waals surface area contributed by atoms with Crippen LogP contribution in [0.3, 0.4) is 0 Å². The molecule has 5 nitrogen and oxygen atoms in total. The van der Waals surface area contributed by atoms with E-state index < -0.39 is 5.97 Å². The van der Waals surface area contributed by atoms with Crippen molar-refractivity contribution in [2.24, 2.45) is 5.92 Å². The number of carbonyl (C=O) groups is 1. The van der Waals surface area contributed by atoms with Crippen LogP contribution >= 0.6 is 0 Å². The van der Waals surface area contributed by atoms with Crippen LogP contribution in [-0.2, 0) is 19.0 Å². The molecule has 5 heteroatoms. The largest absolute Gasteiger partial charge is 0.353 e. The number of nitrogens with one attached hydrogen (secondary N) is 1. The van der Waals surface area contributed by atoms with Crippen LogP contribution in [0.4, 0.5) is 0 Å². The second-order valence-corrected chi connectivity index (χ2v) is 6.81. The zero-order chi connectivity index (χ0) is 19.8. The lowest BCUT2D eigenvalue weighted by molar-refractivity contribution is -0.405. The Kier molecular flexibility index (Phi) is 15.0. The molecule has 0 aromatic carbocycles. The molecule has 0 radical (unpaired) electrons. The number of ether oxygens (including phenoxy) is 3. The highest BCUT2D eigenvalue weighted by Crippen LogP contribution is 2.34. The molecule has 0 heterocycles. The van der Waals surface area contributed by atoms with E-state index in [2.05, 4.69) is 19.2 Å². The third kappa shape index (κ3) is 9.33. The molecule has 0 bridgehead atoms. The minimum Gasteiger partial charge on any atom is -0.353 e. The average Bonchev–Trinajstić information content (AvgIpc) is 2.59. The summed E-state index contributed by atoms with van der Waals surface area (Å²) in [5.74, 6) is -1.14. The molecular weight excluding hydrogens is 330 g/mol. The van der Waals surface area contributed by atoms with Gasteiger partial charge in [-0.2, -0.15) is 0 Å². The SMILES string of the molecule is CCCCCCCC(NC(C)=O)C(CCC)C(OCC)(OCC)OCC. The van der Waals surface area contributed by atoms with Crippen LogP contribution in [0.2, 0.25) is 0 Å². The lowest BCUT2D eigenvalue weighted by Crippen LogP contribution is -2.55. The number of unbranched alkanes of at least 4 members (excludes halogenated alkanes) is 4. The van der Waals surface area contributed by atoms with E-state index in [0.29, 0.717) is 19.8 Å². The van der Waals surface area contributed by atoms with Crippen molar-refractivity contribution in [2.45, 2.75) is 105 Å². The van der Waals surface area contributed by atoms with E-state index in [1.54, 1.807) is 6.92 Å². The highest BCUT2D eigenvalue weighted by atomic mass is 16.9. The van der Waals surface area contributed by atoms with Crippen molar-refractivity contribution < 1.29 is 19.0 Å². The molecule has 0 aromatic rings. The Balaban J connectivity index is 5.41. The lowest BCUT2D eigenvalue weighted by atomic mass is 9.87. The highest BCUT2D eigenvalue weighted by Gasteiger charge is 2.46. The van der Waals surface area contributed by atoms with Crippen molar-refractivity contribution in [3.8, 4) is 0 Å². The molecule has 156 valence electrons. The Morgan fingerprint density at radius 3 is 1.77 bits per heavy atom. The van der Waals surface area contributed by atoms with Crippen molar-refractivity contribution in [2.75, 3.05) is 19.8 Å². The fourth-order valence-corrected chi connectivity index (χ4v) is 3.59. The van der Waals surface area contributed by atoms with Crippen molar-refractivity contribution in [3.63, 3.8) is 0 Å². The molecule has 0 aliphatic heterocycles. The molecule has 0 fully saturated rings. The van der Waals surface area contributed by atoms with Crippen LogP contribution in [0.15, 0.2) is 0 Å². The monoisotopic (exact) mass is 373 g/mol. The van der Waals surface area contributed by atoms with E-state index in [0.717, 1.165) is 25.7 Å². The summed E-state index contributed by atoms with van der Waals surface area (Å²) in [7, 11) is 0. The van der Waals surface area contributed by atoms with Crippen molar-refractivity contribution in [3.05, 3.63) is 0 Å². The molecule has 2 unspecified atom stereocenters. The average molecular weight is 374 g/mol.